The summed E-state index contributed by atoms with van der Waals surface area (Å²) in [4.78, 5) is 0. The zero-order valence-electron chi connectivity index (χ0n) is 9.26. The van der Waals surface area contributed by atoms with Crippen LogP contribution in [0.5, 0.6) is 0 Å². The van der Waals surface area contributed by atoms with Gasteiger partial charge < -0.3 is 9.84 Å². The fourth-order valence-electron chi connectivity index (χ4n) is 2.21. The Morgan fingerprint density at radius 1 is 1.25 bits per heavy atom. The van der Waals surface area contributed by atoms with E-state index in [4.69, 9.17) is 9.84 Å². The molecular formula is C10H19NO4S. The molecule has 94 valence electrons. The van der Waals surface area contributed by atoms with Gasteiger partial charge in [-0.05, 0) is 31.6 Å². The fourth-order valence-corrected chi connectivity index (χ4v) is 3.72. The predicted molar refractivity (Wildman–Crippen MR) is 59.5 cm³/mol. The molecule has 0 aromatic heterocycles. The summed E-state index contributed by atoms with van der Waals surface area (Å²) < 4.78 is 31.6. The molecule has 5 nitrogen and oxygen atoms in total. The molecule has 0 bridgehead atoms. The molecule has 1 saturated carbocycles. The molecule has 1 aliphatic carbocycles. The topological polar surface area (TPSA) is 75.6 Å². The first kappa shape index (κ1) is 12.3. The standard InChI is InChI=1S/C10H19NO4S/c12-9-5-8(6-9)7-11-16(13,14)10-1-3-15-4-2-10/h8-12H,1-7H2. The van der Waals surface area contributed by atoms with E-state index in [0.717, 1.165) is 12.8 Å². The van der Waals surface area contributed by atoms with Crippen molar-refractivity contribution in [3.05, 3.63) is 0 Å². The van der Waals surface area contributed by atoms with Crippen LogP contribution >= 0.6 is 0 Å². The van der Waals surface area contributed by atoms with E-state index >= 15 is 0 Å². The van der Waals surface area contributed by atoms with Gasteiger partial charge in [0.05, 0.1) is 11.4 Å². The quantitative estimate of drug-likeness (QED) is 0.727. The summed E-state index contributed by atoms with van der Waals surface area (Å²) in [6.45, 7) is 1.54. The van der Waals surface area contributed by atoms with Gasteiger partial charge in [0.2, 0.25) is 10.0 Å². The summed E-state index contributed by atoms with van der Waals surface area (Å²) in [6, 6.07) is 0. The lowest BCUT2D eigenvalue weighted by Gasteiger charge is -2.32. The van der Waals surface area contributed by atoms with Crippen LogP contribution in [0.15, 0.2) is 0 Å². The van der Waals surface area contributed by atoms with Crippen LogP contribution in [0.1, 0.15) is 25.7 Å². The molecule has 2 aliphatic rings. The average Bonchev–Trinajstić information content (AvgIpc) is 2.24. The number of sulfonamides is 1. The molecular weight excluding hydrogens is 230 g/mol. The maximum atomic E-state index is 11.9. The van der Waals surface area contributed by atoms with Crippen LogP contribution in [0.25, 0.3) is 0 Å². The largest absolute Gasteiger partial charge is 0.393 e. The molecule has 1 aliphatic heterocycles. The highest BCUT2D eigenvalue weighted by Gasteiger charge is 2.31. The van der Waals surface area contributed by atoms with E-state index in [1.165, 1.54) is 0 Å². The lowest BCUT2D eigenvalue weighted by molar-refractivity contribution is 0.0452. The van der Waals surface area contributed by atoms with Crippen molar-refractivity contribution in [1.82, 2.24) is 4.72 Å². The van der Waals surface area contributed by atoms with Crippen LogP contribution in [-0.4, -0.2) is 44.6 Å². The normalized spacial score (nSPS) is 32.3. The Balaban J connectivity index is 1.78. The summed E-state index contributed by atoms with van der Waals surface area (Å²) in [5.74, 6) is 0.310. The fraction of sp³-hybridized carbons (Fsp3) is 1.00. The molecule has 0 unspecified atom stereocenters. The lowest BCUT2D eigenvalue weighted by atomic mass is 9.83. The monoisotopic (exact) mass is 249 g/mol. The Morgan fingerprint density at radius 2 is 1.88 bits per heavy atom. The van der Waals surface area contributed by atoms with Crippen molar-refractivity contribution in [2.24, 2.45) is 5.92 Å². The Kier molecular flexibility index (Phi) is 3.84. The number of hydrogen-bond acceptors (Lipinski definition) is 4. The molecule has 0 radical (unpaired) electrons. The first-order valence-corrected chi connectivity index (χ1v) is 7.37. The van der Waals surface area contributed by atoms with Gasteiger partial charge >= 0.3 is 0 Å². The van der Waals surface area contributed by atoms with Crippen molar-refractivity contribution in [2.75, 3.05) is 19.8 Å². The second-order valence-corrected chi connectivity index (χ2v) is 6.74. The van der Waals surface area contributed by atoms with Crippen molar-refractivity contribution >= 4 is 10.0 Å². The first-order valence-electron chi connectivity index (χ1n) is 5.82. The maximum Gasteiger partial charge on any atom is 0.214 e. The van der Waals surface area contributed by atoms with E-state index < -0.39 is 10.0 Å². The minimum absolute atomic E-state index is 0.224. The van der Waals surface area contributed by atoms with Crippen molar-refractivity contribution < 1.29 is 18.3 Å². The van der Waals surface area contributed by atoms with E-state index in [1.807, 2.05) is 0 Å². The molecule has 2 rings (SSSR count). The van der Waals surface area contributed by atoms with Gasteiger partial charge in [0, 0.05) is 19.8 Å². The van der Waals surface area contributed by atoms with Gasteiger partial charge in [0.15, 0.2) is 0 Å². The number of aliphatic hydroxyl groups excluding tert-OH is 1. The number of nitrogens with one attached hydrogen (secondary N) is 1. The highest BCUT2D eigenvalue weighted by molar-refractivity contribution is 7.90. The SMILES string of the molecule is O=S(=O)(NCC1CC(O)C1)C1CCOCC1. The summed E-state index contributed by atoms with van der Waals surface area (Å²) in [5, 5.41) is 8.80. The second-order valence-electron chi connectivity index (χ2n) is 4.70. The Bertz CT molecular complexity index is 318. The molecule has 2 fully saturated rings. The number of ether oxygens (including phenoxy) is 1. The Labute approximate surface area is 96.2 Å². The van der Waals surface area contributed by atoms with E-state index in [9.17, 15) is 8.42 Å². The van der Waals surface area contributed by atoms with Crippen molar-refractivity contribution in [2.45, 2.75) is 37.0 Å². The third-order valence-electron chi connectivity index (χ3n) is 3.39. The average molecular weight is 249 g/mol. The van der Waals surface area contributed by atoms with Crippen molar-refractivity contribution in [3.63, 3.8) is 0 Å². The molecule has 1 heterocycles. The van der Waals surface area contributed by atoms with Crippen LogP contribution in [0.3, 0.4) is 0 Å². The zero-order chi connectivity index (χ0) is 11.6. The van der Waals surface area contributed by atoms with Crippen molar-refractivity contribution in [1.29, 1.82) is 0 Å². The van der Waals surface area contributed by atoms with E-state index in [2.05, 4.69) is 4.72 Å². The van der Waals surface area contributed by atoms with Gasteiger partial charge in [0.25, 0.3) is 0 Å². The zero-order valence-corrected chi connectivity index (χ0v) is 10.1. The van der Waals surface area contributed by atoms with Gasteiger partial charge in [0.1, 0.15) is 0 Å². The van der Waals surface area contributed by atoms with Gasteiger partial charge in [-0.15, -0.1) is 0 Å². The molecule has 0 aromatic rings. The lowest BCUT2D eigenvalue weighted by Crippen LogP contribution is -2.43. The highest BCUT2D eigenvalue weighted by atomic mass is 32.2. The van der Waals surface area contributed by atoms with Gasteiger partial charge in [-0.2, -0.15) is 0 Å². The Morgan fingerprint density at radius 3 is 2.44 bits per heavy atom. The predicted octanol–water partition coefficient (Wildman–Crippen LogP) is -0.144. The molecule has 6 heteroatoms. The molecule has 0 aromatic carbocycles. The van der Waals surface area contributed by atoms with Crippen LogP contribution in [0.2, 0.25) is 0 Å². The maximum absolute atomic E-state index is 11.9. The minimum atomic E-state index is -3.18. The first-order chi connectivity index (χ1) is 7.58. The summed E-state index contributed by atoms with van der Waals surface area (Å²) in [6.07, 6.45) is 2.38. The molecule has 0 atom stereocenters. The smallest absolute Gasteiger partial charge is 0.214 e. The summed E-state index contributed by atoms with van der Waals surface area (Å²) in [5.41, 5.74) is 0. The van der Waals surface area contributed by atoms with Crippen molar-refractivity contribution in [3.8, 4) is 0 Å². The van der Waals surface area contributed by atoms with E-state index in [-0.39, 0.29) is 11.4 Å². The molecule has 16 heavy (non-hydrogen) atoms. The minimum Gasteiger partial charge on any atom is -0.393 e. The third kappa shape index (κ3) is 2.94. The van der Waals surface area contributed by atoms with Crippen LogP contribution in [-0.2, 0) is 14.8 Å². The van der Waals surface area contributed by atoms with Gasteiger partial charge in [-0.3, -0.25) is 0 Å². The van der Waals surface area contributed by atoms with Crippen LogP contribution in [0, 0.1) is 5.92 Å². The summed E-state index contributed by atoms with van der Waals surface area (Å²) in [7, 11) is -3.18. The van der Waals surface area contributed by atoms with E-state index in [0.29, 0.717) is 38.5 Å². The summed E-state index contributed by atoms with van der Waals surface area (Å²) >= 11 is 0. The second kappa shape index (κ2) is 5.00. The number of rotatable bonds is 4. The molecule has 0 spiro atoms. The molecule has 2 N–H and O–H groups in total. The van der Waals surface area contributed by atoms with Gasteiger partial charge in [-0.1, -0.05) is 0 Å². The van der Waals surface area contributed by atoms with Gasteiger partial charge in [-0.25, -0.2) is 13.1 Å². The molecule has 1 saturated heterocycles. The molecule has 0 amide bonds. The highest BCUT2D eigenvalue weighted by Crippen LogP contribution is 2.26. The Hall–Kier alpha value is -0.170. The van der Waals surface area contributed by atoms with Crippen LogP contribution < -0.4 is 4.72 Å². The number of aliphatic hydroxyl groups is 1. The van der Waals surface area contributed by atoms with Crippen LogP contribution in [0.4, 0.5) is 0 Å². The van der Waals surface area contributed by atoms with E-state index in [1.54, 1.807) is 0 Å². The third-order valence-corrected chi connectivity index (χ3v) is 5.31. The number of hydrogen-bond donors (Lipinski definition) is 2.